The minimum Gasteiger partial charge on any atom is -0.494 e. The summed E-state index contributed by atoms with van der Waals surface area (Å²) in [5.41, 5.74) is 2.26. The van der Waals surface area contributed by atoms with E-state index in [0.717, 1.165) is 30.1 Å². The van der Waals surface area contributed by atoms with E-state index in [1.165, 1.54) is 16.3 Å². The molecule has 0 atom stereocenters. The van der Waals surface area contributed by atoms with Gasteiger partial charge in [0.1, 0.15) is 11.6 Å². The molecule has 1 aromatic heterocycles. The van der Waals surface area contributed by atoms with Gasteiger partial charge in [0.05, 0.1) is 17.6 Å². The van der Waals surface area contributed by atoms with Gasteiger partial charge >= 0.3 is 0 Å². The van der Waals surface area contributed by atoms with Gasteiger partial charge in [-0.3, -0.25) is 0 Å². The molecule has 0 aliphatic carbocycles. The maximum Gasteiger partial charge on any atom is 0.119 e. The average Bonchev–Trinajstić information content (AvgIpc) is 2.94. The van der Waals surface area contributed by atoms with Crippen LogP contribution in [-0.2, 0) is 6.54 Å². The second-order valence-corrected chi connectivity index (χ2v) is 6.01. The van der Waals surface area contributed by atoms with Crippen LogP contribution in [0.5, 0.6) is 5.75 Å². The first kappa shape index (κ1) is 14.8. The number of rotatable bonds is 5. The Morgan fingerprint density at radius 3 is 2.62 bits per heavy atom. The van der Waals surface area contributed by atoms with Crippen LogP contribution in [0.4, 0.5) is 0 Å². The molecule has 0 saturated heterocycles. The van der Waals surface area contributed by atoms with E-state index in [2.05, 4.69) is 71.1 Å². The van der Waals surface area contributed by atoms with E-state index >= 15 is 0 Å². The number of aryl methyl sites for hydroxylation is 2. The maximum atomic E-state index is 5.93. The van der Waals surface area contributed by atoms with Crippen LogP contribution in [0.25, 0.3) is 21.8 Å². The van der Waals surface area contributed by atoms with Crippen molar-refractivity contribution in [1.82, 2.24) is 9.55 Å². The van der Waals surface area contributed by atoms with Crippen molar-refractivity contribution in [2.45, 2.75) is 19.9 Å². The molecule has 4 aromatic rings. The second kappa shape index (κ2) is 6.36. The van der Waals surface area contributed by atoms with Crippen molar-refractivity contribution in [3.8, 4) is 5.75 Å². The summed E-state index contributed by atoms with van der Waals surface area (Å²) in [5.74, 6) is 1.99. The Balaban J connectivity index is 1.40. The summed E-state index contributed by atoms with van der Waals surface area (Å²) in [5, 5.41) is 2.46. The summed E-state index contributed by atoms with van der Waals surface area (Å²) in [7, 11) is 0. The van der Waals surface area contributed by atoms with Crippen LogP contribution in [0.2, 0.25) is 0 Å². The lowest BCUT2D eigenvalue weighted by atomic mass is 10.1. The van der Waals surface area contributed by atoms with E-state index in [4.69, 9.17) is 4.74 Å². The smallest absolute Gasteiger partial charge is 0.119 e. The summed E-state index contributed by atoms with van der Waals surface area (Å²) >= 11 is 0. The first-order chi connectivity index (χ1) is 11.8. The predicted octanol–water partition coefficient (Wildman–Crippen LogP) is 4.97. The number of ether oxygens (including phenoxy) is 1. The number of nitrogens with zero attached hydrogens (tertiary/aromatic N) is 2. The van der Waals surface area contributed by atoms with Gasteiger partial charge in [-0.15, -0.1) is 0 Å². The topological polar surface area (TPSA) is 27.1 Å². The molecule has 1 heterocycles. The quantitative estimate of drug-likeness (QED) is 0.486. The van der Waals surface area contributed by atoms with Gasteiger partial charge in [-0.2, -0.15) is 0 Å². The highest BCUT2D eigenvalue weighted by Crippen LogP contribution is 2.21. The number of imidazole rings is 1. The Morgan fingerprint density at radius 2 is 1.71 bits per heavy atom. The first-order valence-electron chi connectivity index (χ1n) is 8.35. The van der Waals surface area contributed by atoms with E-state index in [-0.39, 0.29) is 0 Å². The van der Waals surface area contributed by atoms with E-state index in [0.29, 0.717) is 6.61 Å². The zero-order valence-corrected chi connectivity index (χ0v) is 13.8. The maximum absolute atomic E-state index is 5.93. The summed E-state index contributed by atoms with van der Waals surface area (Å²) in [4.78, 5) is 4.61. The Bertz CT molecular complexity index is 987. The van der Waals surface area contributed by atoms with Crippen LogP contribution in [0.15, 0.2) is 66.7 Å². The Morgan fingerprint density at radius 1 is 0.917 bits per heavy atom. The first-order valence-corrected chi connectivity index (χ1v) is 8.35. The van der Waals surface area contributed by atoms with Crippen molar-refractivity contribution < 1.29 is 4.74 Å². The van der Waals surface area contributed by atoms with Crippen molar-refractivity contribution in [3.05, 3.63) is 72.6 Å². The molecule has 0 saturated carbocycles. The number of hydrogen-bond donors (Lipinski definition) is 0. The normalized spacial score (nSPS) is 11.2. The van der Waals surface area contributed by atoms with E-state index < -0.39 is 0 Å². The lowest BCUT2D eigenvalue weighted by Crippen LogP contribution is -2.06. The van der Waals surface area contributed by atoms with Crippen molar-refractivity contribution in [2.75, 3.05) is 6.61 Å². The average molecular weight is 316 g/mol. The molecule has 24 heavy (non-hydrogen) atoms. The molecule has 3 aromatic carbocycles. The number of fused-ring (bicyclic) bond motifs is 2. The van der Waals surface area contributed by atoms with Gasteiger partial charge in [0.15, 0.2) is 0 Å². The predicted molar refractivity (Wildman–Crippen MR) is 98.5 cm³/mol. The third-order valence-corrected chi connectivity index (χ3v) is 4.36. The van der Waals surface area contributed by atoms with E-state index in [9.17, 15) is 0 Å². The van der Waals surface area contributed by atoms with Gasteiger partial charge in [-0.05, 0) is 48.4 Å². The van der Waals surface area contributed by atoms with Gasteiger partial charge in [-0.25, -0.2) is 4.98 Å². The van der Waals surface area contributed by atoms with Gasteiger partial charge in [0, 0.05) is 6.54 Å². The zero-order valence-electron chi connectivity index (χ0n) is 13.8. The molecule has 4 rings (SSSR count). The second-order valence-electron chi connectivity index (χ2n) is 6.01. The van der Waals surface area contributed by atoms with Crippen LogP contribution in [-0.4, -0.2) is 16.2 Å². The van der Waals surface area contributed by atoms with Gasteiger partial charge < -0.3 is 9.30 Å². The van der Waals surface area contributed by atoms with Gasteiger partial charge in [0.2, 0.25) is 0 Å². The molecular formula is C21H20N2O. The van der Waals surface area contributed by atoms with Crippen molar-refractivity contribution in [2.24, 2.45) is 0 Å². The van der Waals surface area contributed by atoms with Crippen LogP contribution >= 0.6 is 0 Å². The highest BCUT2D eigenvalue weighted by atomic mass is 16.5. The summed E-state index contributed by atoms with van der Waals surface area (Å²) in [6, 6.07) is 22.9. The molecule has 0 radical (unpaired) electrons. The van der Waals surface area contributed by atoms with E-state index in [1.54, 1.807) is 0 Å². The van der Waals surface area contributed by atoms with Crippen LogP contribution in [0.1, 0.15) is 12.2 Å². The molecule has 0 fully saturated rings. The molecule has 0 aliphatic rings. The zero-order chi connectivity index (χ0) is 16.4. The third-order valence-electron chi connectivity index (χ3n) is 4.36. The van der Waals surface area contributed by atoms with Crippen molar-refractivity contribution in [3.63, 3.8) is 0 Å². The van der Waals surface area contributed by atoms with Crippen LogP contribution < -0.4 is 4.74 Å². The summed E-state index contributed by atoms with van der Waals surface area (Å²) in [6.45, 7) is 3.68. The van der Waals surface area contributed by atoms with Gasteiger partial charge in [0.25, 0.3) is 0 Å². The standard InChI is InChI=1S/C21H20N2O/c1-16-22-20-9-4-5-10-21(20)23(16)13-6-14-24-19-12-11-17-7-2-3-8-18(17)15-19/h2-5,7-12,15H,6,13-14H2,1H3. The minimum atomic E-state index is 0.699. The van der Waals surface area contributed by atoms with Crippen LogP contribution in [0.3, 0.4) is 0 Å². The lowest BCUT2D eigenvalue weighted by Gasteiger charge is -2.09. The molecule has 0 bridgehead atoms. The molecular weight excluding hydrogens is 296 g/mol. The highest BCUT2D eigenvalue weighted by Gasteiger charge is 2.06. The van der Waals surface area contributed by atoms with Gasteiger partial charge in [-0.1, -0.05) is 42.5 Å². The number of benzene rings is 3. The fraction of sp³-hybridized carbons (Fsp3) is 0.190. The van der Waals surface area contributed by atoms with Crippen molar-refractivity contribution in [1.29, 1.82) is 0 Å². The van der Waals surface area contributed by atoms with Crippen LogP contribution in [0, 0.1) is 6.92 Å². The SMILES string of the molecule is Cc1nc2ccccc2n1CCCOc1ccc2ccccc2c1. The fourth-order valence-corrected chi connectivity index (χ4v) is 3.15. The molecule has 120 valence electrons. The number of hydrogen-bond acceptors (Lipinski definition) is 2. The van der Waals surface area contributed by atoms with E-state index in [1.807, 2.05) is 12.1 Å². The molecule has 0 amide bonds. The Labute approximate surface area is 141 Å². The summed E-state index contributed by atoms with van der Waals surface area (Å²) in [6.07, 6.45) is 0.952. The third kappa shape index (κ3) is 2.85. The monoisotopic (exact) mass is 316 g/mol. The molecule has 0 aliphatic heterocycles. The summed E-state index contributed by atoms with van der Waals surface area (Å²) < 4.78 is 8.19. The van der Waals surface area contributed by atoms with Crippen molar-refractivity contribution >= 4 is 21.8 Å². The fourth-order valence-electron chi connectivity index (χ4n) is 3.15. The lowest BCUT2D eigenvalue weighted by molar-refractivity contribution is 0.302. The number of aromatic nitrogens is 2. The molecule has 3 heteroatoms. The molecule has 0 unspecified atom stereocenters. The largest absolute Gasteiger partial charge is 0.494 e. The Hall–Kier alpha value is -2.81. The molecule has 3 nitrogen and oxygen atoms in total. The molecule has 0 spiro atoms. The Kier molecular flexibility index (Phi) is 3.91. The molecule has 0 N–H and O–H groups in total. The highest BCUT2D eigenvalue weighted by molar-refractivity contribution is 5.83. The number of para-hydroxylation sites is 2. The minimum absolute atomic E-state index is 0.699.